The molecule has 2 aromatic carbocycles. The first-order valence-electron chi connectivity index (χ1n) is 8.79. The number of rotatable bonds is 8. The molecule has 3 N–H and O–H groups in total. The Balaban J connectivity index is 2.17. The predicted octanol–water partition coefficient (Wildman–Crippen LogP) is 3.96. The molecule has 0 saturated heterocycles. The molecule has 0 radical (unpaired) electrons. The molecule has 2 aromatic rings. The number of ether oxygens (including phenoxy) is 2. The topological polar surface area (TPSA) is 73.6 Å². The summed E-state index contributed by atoms with van der Waals surface area (Å²) in [6.45, 7) is 7.98. The molecule has 0 bridgehead atoms. The van der Waals surface area contributed by atoms with Crippen molar-refractivity contribution in [3.8, 4) is 17.2 Å². The van der Waals surface area contributed by atoms with Gasteiger partial charge in [0.05, 0.1) is 13.2 Å². The number of methoxy groups -OCH3 is 1. The number of hydrogen-bond acceptors (Lipinski definition) is 4. The molecule has 140 valence electrons. The van der Waals surface area contributed by atoms with Crippen LogP contribution in [-0.4, -0.2) is 19.1 Å². The van der Waals surface area contributed by atoms with E-state index < -0.39 is 6.04 Å². The third kappa shape index (κ3) is 4.99. The van der Waals surface area contributed by atoms with Crippen molar-refractivity contribution < 1.29 is 14.3 Å². The normalized spacial score (nSPS) is 13.3. The number of amides is 1. The average Bonchev–Trinajstić information content (AvgIpc) is 2.61. The number of hydrogen-bond donors (Lipinski definition) is 2. The van der Waals surface area contributed by atoms with E-state index in [1.807, 2.05) is 49.4 Å². The van der Waals surface area contributed by atoms with Crippen LogP contribution in [0, 0.1) is 12.8 Å². The monoisotopic (exact) mass is 356 g/mol. The van der Waals surface area contributed by atoms with Crippen molar-refractivity contribution in [3.05, 3.63) is 53.6 Å². The van der Waals surface area contributed by atoms with Crippen molar-refractivity contribution in [1.29, 1.82) is 0 Å². The van der Waals surface area contributed by atoms with Crippen molar-refractivity contribution >= 4 is 5.91 Å². The van der Waals surface area contributed by atoms with Gasteiger partial charge in [-0.05, 0) is 49.1 Å². The molecule has 1 amide bonds. The van der Waals surface area contributed by atoms with Gasteiger partial charge >= 0.3 is 0 Å². The van der Waals surface area contributed by atoms with Gasteiger partial charge in [-0.15, -0.1) is 0 Å². The second kappa shape index (κ2) is 8.72. The number of aryl methyl sites for hydroxylation is 1. The molecular formula is C21H28N2O3. The van der Waals surface area contributed by atoms with Gasteiger partial charge in [-0.25, -0.2) is 0 Å². The summed E-state index contributed by atoms with van der Waals surface area (Å²) < 4.78 is 11.2. The van der Waals surface area contributed by atoms with E-state index in [1.54, 1.807) is 14.0 Å². The first-order chi connectivity index (χ1) is 12.3. The SMILES string of the molecule is COc1ccc(C)c(Oc2ccc(C(N[C@H](C)C(N)=O)C(C)C)cc2)c1. The minimum atomic E-state index is -0.391. The number of carbonyl (C=O) groups is 1. The van der Waals surface area contributed by atoms with Crippen LogP contribution in [0.1, 0.15) is 37.9 Å². The van der Waals surface area contributed by atoms with Crippen molar-refractivity contribution in [2.24, 2.45) is 11.7 Å². The zero-order valence-corrected chi connectivity index (χ0v) is 16.1. The molecule has 0 heterocycles. The van der Waals surface area contributed by atoms with Crippen LogP contribution < -0.4 is 20.5 Å². The Bertz CT molecular complexity index is 741. The second-order valence-electron chi connectivity index (χ2n) is 6.81. The van der Waals surface area contributed by atoms with Gasteiger partial charge in [0.2, 0.25) is 5.91 Å². The molecule has 0 aliphatic carbocycles. The Labute approximate surface area is 155 Å². The standard InChI is InChI=1S/C21H28N2O3/c1-13(2)20(23-15(4)21(22)24)16-7-10-17(11-8-16)26-19-12-18(25-5)9-6-14(19)3/h6-13,15,20,23H,1-5H3,(H2,22,24)/t15-,20?/m1/s1. The Morgan fingerprint density at radius 1 is 1.04 bits per heavy atom. The summed E-state index contributed by atoms with van der Waals surface area (Å²) in [5.41, 5.74) is 7.50. The Morgan fingerprint density at radius 3 is 2.19 bits per heavy atom. The number of nitrogens with two attached hydrogens (primary N) is 1. The summed E-state index contributed by atoms with van der Waals surface area (Å²) >= 11 is 0. The van der Waals surface area contributed by atoms with Crippen molar-refractivity contribution in [2.75, 3.05) is 7.11 Å². The molecule has 0 fully saturated rings. The maximum Gasteiger partial charge on any atom is 0.234 e. The smallest absolute Gasteiger partial charge is 0.234 e. The van der Waals surface area contributed by atoms with Crippen LogP contribution in [0.3, 0.4) is 0 Å². The molecule has 0 aromatic heterocycles. The summed E-state index contributed by atoms with van der Waals surface area (Å²) in [7, 11) is 1.63. The van der Waals surface area contributed by atoms with E-state index in [0.717, 1.165) is 28.4 Å². The lowest BCUT2D eigenvalue weighted by Crippen LogP contribution is -2.42. The van der Waals surface area contributed by atoms with Crippen LogP contribution in [0.25, 0.3) is 0 Å². The summed E-state index contributed by atoms with van der Waals surface area (Å²) in [4.78, 5) is 11.4. The highest BCUT2D eigenvalue weighted by molar-refractivity contribution is 5.79. The van der Waals surface area contributed by atoms with E-state index in [1.165, 1.54) is 0 Å². The maximum absolute atomic E-state index is 11.4. The average molecular weight is 356 g/mol. The number of carbonyl (C=O) groups excluding carboxylic acids is 1. The lowest BCUT2D eigenvalue weighted by molar-refractivity contribution is -0.119. The van der Waals surface area contributed by atoms with E-state index in [-0.39, 0.29) is 11.9 Å². The van der Waals surface area contributed by atoms with Gasteiger partial charge in [0.1, 0.15) is 17.2 Å². The molecule has 5 heteroatoms. The zero-order valence-electron chi connectivity index (χ0n) is 16.1. The van der Waals surface area contributed by atoms with Crippen LogP contribution in [0.5, 0.6) is 17.2 Å². The van der Waals surface area contributed by atoms with Crippen molar-refractivity contribution in [3.63, 3.8) is 0 Å². The van der Waals surface area contributed by atoms with Gasteiger partial charge in [-0.1, -0.05) is 32.0 Å². The number of benzene rings is 2. The zero-order chi connectivity index (χ0) is 19.3. The minimum Gasteiger partial charge on any atom is -0.497 e. The van der Waals surface area contributed by atoms with Crippen LogP contribution in [-0.2, 0) is 4.79 Å². The van der Waals surface area contributed by atoms with Crippen LogP contribution >= 0.6 is 0 Å². The van der Waals surface area contributed by atoms with Crippen LogP contribution in [0.4, 0.5) is 0 Å². The van der Waals surface area contributed by atoms with E-state index in [9.17, 15) is 4.79 Å². The highest BCUT2D eigenvalue weighted by Gasteiger charge is 2.20. The molecule has 2 rings (SSSR count). The maximum atomic E-state index is 11.4. The van der Waals surface area contributed by atoms with Gasteiger partial charge in [-0.3, -0.25) is 10.1 Å². The van der Waals surface area contributed by atoms with E-state index >= 15 is 0 Å². The van der Waals surface area contributed by atoms with Gasteiger partial charge in [0.25, 0.3) is 0 Å². The Hall–Kier alpha value is -2.53. The fourth-order valence-electron chi connectivity index (χ4n) is 2.71. The largest absolute Gasteiger partial charge is 0.497 e. The summed E-state index contributed by atoms with van der Waals surface area (Å²) in [5.74, 6) is 2.22. The summed E-state index contributed by atoms with van der Waals surface area (Å²) in [6, 6.07) is 13.3. The number of nitrogens with one attached hydrogen (secondary N) is 1. The second-order valence-corrected chi connectivity index (χ2v) is 6.81. The van der Waals surface area contributed by atoms with E-state index in [4.69, 9.17) is 15.2 Å². The van der Waals surface area contributed by atoms with Gasteiger partial charge in [0, 0.05) is 12.1 Å². The fraction of sp³-hybridized carbons (Fsp3) is 0.381. The van der Waals surface area contributed by atoms with E-state index in [0.29, 0.717) is 5.92 Å². The van der Waals surface area contributed by atoms with Crippen LogP contribution in [0.15, 0.2) is 42.5 Å². The first-order valence-corrected chi connectivity index (χ1v) is 8.79. The van der Waals surface area contributed by atoms with Gasteiger partial charge in [-0.2, -0.15) is 0 Å². The van der Waals surface area contributed by atoms with Crippen molar-refractivity contribution in [2.45, 2.75) is 39.8 Å². The molecule has 5 nitrogen and oxygen atoms in total. The third-order valence-electron chi connectivity index (χ3n) is 4.39. The molecular weight excluding hydrogens is 328 g/mol. The number of primary amides is 1. The third-order valence-corrected chi connectivity index (χ3v) is 4.39. The predicted molar refractivity (Wildman–Crippen MR) is 104 cm³/mol. The molecule has 0 aliphatic heterocycles. The molecule has 1 unspecified atom stereocenters. The molecule has 0 saturated carbocycles. The molecule has 26 heavy (non-hydrogen) atoms. The summed E-state index contributed by atoms with van der Waals surface area (Å²) in [6.07, 6.45) is 0. The quantitative estimate of drug-likeness (QED) is 0.751. The minimum absolute atomic E-state index is 0.0325. The molecule has 0 spiro atoms. The Kier molecular flexibility index (Phi) is 6.64. The highest BCUT2D eigenvalue weighted by Crippen LogP contribution is 2.30. The summed E-state index contributed by atoms with van der Waals surface area (Å²) in [5, 5.41) is 3.29. The lowest BCUT2D eigenvalue weighted by atomic mass is 9.95. The van der Waals surface area contributed by atoms with Gasteiger partial charge in [0.15, 0.2) is 0 Å². The first kappa shape index (κ1) is 19.8. The van der Waals surface area contributed by atoms with Crippen molar-refractivity contribution in [1.82, 2.24) is 5.32 Å². The fourth-order valence-corrected chi connectivity index (χ4v) is 2.71. The van der Waals surface area contributed by atoms with Gasteiger partial charge < -0.3 is 15.2 Å². The van der Waals surface area contributed by atoms with E-state index in [2.05, 4.69) is 19.2 Å². The molecule has 2 atom stereocenters. The molecule has 0 aliphatic rings. The lowest BCUT2D eigenvalue weighted by Gasteiger charge is -2.25. The Morgan fingerprint density at radius 2 is 1.65 bits per heavy atom. The highest BCUT2D eigenvalue weighted by atomic mass is 16.5. The van der Waals surface area contributed by atoms with Crippen LogP contribution in [0.2, 0.25) is 0 Å².